The van der Waals surface area contributed by atoms with Crippen LogP contribution in [0.4, 0.5) is 51.2 Å². The molecule has 9 aromatic carbocycles. The number of benzene rings is 9. The molecule has 0 radical (unpaired) electrons. The first-order valence-corrected chi connectivity index (χ1v) is 19.8. The van der Waals surface area contributed by atoms with Gasteiger partial charge >= 0.3 is 0 Å². The van der Waals surface area contributed by atoms with Crippen molar-refractivity contribution in [2.24, 2.45) is 0 Å². The molecule has 0 bridgehead atoms. The third-order valence-electron chi connectivity index (χ3n) is 10.3. The maximum absolute atomic E-state index is 2.45. The normalized spacial score (nSPS) is 11.2. The maximum Gasteiger partial charge on any atom is 0.0661 e. The highest BCUT2D eigenvalue weighted by atomic mass is 32.1. The van der Waals surface area contributed by atoms with E-state index in [0.29, 0.717) is 0 Å². The smallest absolute Gasteiger partial charge is 0.0661 e. The van der Waals surface area contributed by atoms with Crippen molar-refractivity contribution in [2.45, 2.75) is 0 Å². The molecule has 0 aliphatic heterocycles. The Morgan fingerprint density at radius 1 is 0.304 bits per heavy atom. The van der Waals surface area contributed by atoms with Gasteiger partial charge in [-0.25, -0.2) is 0 Å². The molecule has 0 spiro atoms. The average molecular weight is 736 g/mol. The van der Waals surface area contributed by atoms with E-state index in [1.165, 1.54) is 36.6 Å². The zero-order valence-corrected chi connectivity index (χ0v) is 31.4. The minimum atomic E-state index is 1.08. The van der Waals surface area contributed by atoms with Crippen LogP contribution < -0.4 is 14.7 Å². The van der Waals surface area contributed by atoms with E-state index in [9.17, 15) is 0 Å². The Morgan fingerprint density at radius 2 is 0.696 bits per heavy atom. The van der Waals surface area contributed by atoms with Crippen molar-refractivity contribution in [2.75, 3.05) is 14.7 Å². The molecule has 1 heterocycles. The molecule has 0 amide bonds. The lowest BCUT2D eigenvalue weighted by Crippen LogP contribution is -2.13. The summed E-state index contributed by atoms with van der Waals surface area (Å²) in [7, 11) is 0. The summed E-state index contributed by atoms with van der Waals surface area (Å²) in [5, 5.41) is 4.83. The lowest BCUT2D eigenvalue weighted by molar-refractivity contribution is 1.26. The molecule has 266 valence electrons. The number of anilines is 9. The quantitative estimate of drug-likeness (QED) is 0.146. The van der Waals surface area contributed by atoms with Gasteiger partial charge in [-0.2, -0.15) is 0 Å². The molecule has 0 fully saturated rings. The first-order chi connectivity index (χ1) is 27.8. The number of fused-ring (bicyclic) bond motifs is 4. The van der Waals surface area contributed by atoms with Crippen molar-refractivity contribution in [1.82, 2.24) is 0 Å². The lowest BCUT2D eigenvalue weighted by Gasteiger charge is -2.30. The maximum atomic E-state index is 2.45. The second-order valence-electron chi connectivity index (χ2n) is 13.8. The third kappa shape index (κ3) is 6.03. The molecule has 10 aromatic rings. The van der Waals surface area contributed by atoms with Crippen molar-refractivity contribution in [3.63, 3.8) is 0 Å². The van der Waals surface area contributed by atoms with Crippen molar-refractivity contribution >= 4 is 93.5 Å². The number of thiophene rings is 1. The van der Waals surface area contributed by atoms with E-state index in [1.807, 2.05) is 11.3 Å². The number of hydrogen-bond acceptors (Lipinski definition) is 4. The lowest BCUT2D eigenvalue weighted by atomic mass is 9.99. The van der Waals surface area contributed by atoms with Gasteiger partial charge in [0.2, 0.25) is 0 Å². The average Bonchev–Trinajstić information content (AvgIpc) is 3.64. The topological polar surface area (TPSA) is 9.72 Å². The van der Waals surface area contributed by atoms with E-state index in [-0.39, 0.29) is 0 Å². The zero-order valence-electron chi connectivity index (χ0n) is 30.6. The van der Waals surface area contributed by atoms with Crippen LogP contribution in [-0.2, 0) is 0 Å². The van der Waals surface area contributed by atoms with Gasteiger partial charge in [0.25, 0.3) is 0 Å². The summed E-state index contributed by atoms with van der Waals surface area (Å²) >= 11 is 1.87. The predicted molar refractivity (Wildman–Crippen MR) is 241 cm³/mol. The van der Waals surface area contributed by atoms with Gasteiger partial charge in [-0.3, -0.25) is 0 Å². The van der Waals surface area contributed by atoms with Gasteiger partial charge in [0.15, 0.2) is 0 Å². The summed E-state index contributed by atoms with van der Waals surface area (Å²) in [6.45, 7) is 0. The molecule has 0 N–H and O–H groups in total. The first-order valence-electron chi connectivity index (χ1n) is 18.9. The highest BCUT2D eigenvalue weighted by molar-refractivity contribution is 7.26. The molecule has 1 aromatic heterocycles. The summed E-state index contributed by atoms with van der Waals surface area (Å²) in [5.74, 6) is 0. The summed E-state index contributed by atoms with van der Waals surface area (Å²) in [4.78, 5) is 7.25. The molecule has 0 aliphatic carbocycles. The first kappa shape index (κ1) is 33.4. The minimum absolute atomic E-state index is 1.08. The fourth-order valence-corrected chi connectivity index (χ4v) is 9.16. The molecule has 56 heavy (non-hydrogen) atoms. The van der Waals surface area contributed by atoms with Crippen LogP contribution in [0.15, 0.2) is 224 Å². The number of rotatable bonds is 9. The summed E-state index contributed by atoms with van der Waals surface area (Å²) < 4.78 is 2.45. The molecular formula is C52H37N3S. The molecule has 0 atom stereocenters. The molecule has 0 unspecified atom stereocenters. The SMILES string of the molecule is c1ccc(N(c2ccccc2)c2cc(N(c3ccccc3)c3ccccc3)c3sc4cc5ccccc5c(N(c5ccccc5)c5ccccc5)c4c3c2)cc1. The Bertz CT molecular complexity index is 2780. The van der Waals surface area contributed by atoms with Crippen LogP contribution in [0.3, 0.4) is 0 Å². The van der Waals surface area contributed by atoms with Crippen LogP contribution in [0.25, 0.3) is 30.9 Å². The predicted octanol–water partition coefficient (Wildman–Crippen LogP) is 15.6. The molecule has 4 heteroatoms. The number of hydrogen-bond donors (Lipinski definition) is 0. The van der Waals surface area contributed by atoms with E-state index in [2.05, 4.69) is 239 Å². The van der Waals surface area contributed by atoms with Crippen LogP contribution >= 0.6 is 11.3 Å². The highest BCUT2D eigenvalue weighted by Gasteiger charge is 2.26. The van der Waals surface area contributed by atoms with E-state index in [1.54, 1.807) is 0 Å². The van der Waals surface area contributed by atoms with Crippen molar-refractivity contribution in [3.05, 3.63) is 224 Å². The van der Waals surface area contributed by atoms with Crippen molar-refractivity contribution in [3.8, 4) is 0 Å². The van der Waals surface area contributed by atoms with Crippen molar-refractivity contribution < 1.29 is 0 Å². The van der Waals surface area contributed by atoms with Gasteiger partial charge in [-0.05, 0) is 96.4 Å². The highest BCUT2D eigenvalue weighted by Crippen LogP contribution is 2.53. The molecular weight excluding hydrogens is 699 g/mol. The molecule has 0 saturated carbocycles. The Morgan fingerprint density at radius 3 is 1.16 bits per heavy atom. The fourth-order valence-electron chi connectivity index (χ4n) is 7.92. The standard InChI is InChI=1S/C52H37N3S/c1-7-22-39(23-8-1)53(40-24-9-2-10-25-40)45-36-47-50-49(56-52(47)48(37-45)54(41-26-11-3-12-27-41)42-28-13-4-14-29-42)35-38-21-19-20-34-46(38)51(50)55(43-30-15-5-16-31-43)44-32-17-6-18-33-44/h1-37H. The van der Waals surface area contributed by atoms with Crippen LogP contribution in [0.2, 0.25) is 0 Å². The fraction of sp³-hybridized carbons (Fsp3) is 0. The van der Waals surface area contributed by atoms with Gasteiger partial charge in [-0.1, -0.05) is 133 Å². The molecule has 10 rings (SSSR count). The summed E-state index contributed by atoms with van der Waals surface area (Å²) in [6, 6.07) is 80.5. The molecule has 0 saturated heterocycles. The van der Waals surface area contributed by atoms with E-state index < -0.39 is 0 Å². The molecule has 0 aliphatic rings. The van der Waals surface area contributed by atoms with Crippen LogP contribution in [-0.4, -0.2) is 0 Å². The second-order valence-corrected chi connectivity index (χ2v) is 14.8. The minimum Gasteiger partial charge on any atom is -0.310 e. The van der Waals surface area contributed by atoms with Gasteiger partial charge in [0, 0.05) is 60.7 Å². The van der Waals surface area contributed by atoms with Crippen LogP contribution in [0.5, 0.6) is 0 Å². The van der Waals surface area contributed by atoms with E-state index in [0.717, 1.165) is 45.5 Å². The van der Waals surface area contributed by atoms with Gasteiger partial charge in [0.1, 0.15) is 0 Å². The third-order valence-corrected chi connectivity index (χ3v) is 11.5. The Labute approximate surface area is 331 Å². The Kier molecular flexibility index (Phi) is 8.71. The Balaban J connectivity index is 1.38. The largest absolute Gasteiger partial charge is 0.310 e. The summed E-state index contributed by atoms with van der Waals surface area (Å²) in [5.41, 5.74) is 9.96. The van der Waals surface area contributed by atoms with Crippen LogP contribution in [0.1, 0.15) is 0 Å². The van der Waals surface area contributed by atoms with Gasteiger partial charge < -0.3 is 14.7 Å². The molecule has 3 nitrogen and oxygen atoms in total. The van der Waals surface area contributed by atoms with Gasteiger partial charge in [0.05, 0.1) is 16.1 Å². The monoisotopic (exact) mass is 735 g/mol. The van der Waals surface area contributed by atoms with E-state index >= 15 is 0 Å². The second kappa shape index (κ2) is 14.6. The number of para-hydroxylation sites is 6. The van der Waals surface area contributed by atoms with Crippen LogP contribution in [0, 0.1) is 0 Å². The van der Waals surface area contributed by atoms with Crippen molar-refractivity contribution in [1.29, 1.82) is 0 Å². The van der Waals surface area contributed by atoms with E-state index in [4.69, 9.17) is 0 Å². The summed E-state index contributed by atoms with van der Waals surface area (Å²) in [6.07, 6.45) is 0. The Hall–Kier alpha value is -7.14. The zero-order chi connectivity index (χ0) is 37.3. The van der Waals surface area contributed by atoms with Gasteiger partial charge in [-0.15, -0.1) is 11.3 Å². The number of nitrogens with zero attached hydrogens (tertiary/aromatic N) is 3.